The van der Waals surface area contributed by atoms with E-state index in [9.17, 15) is 0 Å². The third-order valence-electron chi connectivity index (χ3n) is 4.08. The number of methoxy groups -OCH3 is 1. The molecule has 1 atom stereocenters. The third-order valence-corrected chi connectivity index (χ3v) is 5.44. The summed E-state index contributed by atoms with van der Waals surface area (Å²) in [7, 11) is 6.32. The molecular formula is C22H24NO2P. The summed E-state index contributed by atoms with van der Waals surface area (Å²) in [6.45, 7) is 0.522. The molecule has 0 saturated heterocycles. The van der Waals surface area contributed by atoms with Crippen molar-refractivity contribution in [2.24, 2.45) is 0 Å². The number of rotatable bonds is 7. The lowest BCUT2D eigenvalue weighted by Crippen LogP contribution is -2.18. The lowest BCUT2D eigenvalue weighted by Gasteiger charge is -2.19. The summed E-state index contributed by atoms with van der Waals surface area (Å²) in [6, 6.07) is 24.8. The van der Waals surface area contributed by atoms with Gasteiger partial charge in [-0.25, -0.2) is 0 Å². The highest BCUT2D eigenvalue weighted by Gasteiger charge is 2.13. The first-order chi connectivity index (χ1) is 12.7. The molecule has 0 aliphatic carbocycles. The van der Waals surface area contributed by atoms with Gasteiger partial charge in [-0.2, -0.15) is 0 Å². The Hall–Kier alpha value is -2.51. The van der Waals surface area contributed by atoms with Crippen LogP contribution in [0.1, 0.15) is 5.56 Å². The maximum absolute atomic E-state index is 6.19. The maximum atomic E-state index is 6.19. The summed E-state index contributed by atoms with van der Waals surface area (Å²) in [4.78, 5) is 2.15. The molecule has 3 aromatic carbocycles. The largest absolute Gasteiger partial charge is 0.493 e. The Morgan fingerprint density at radius 2 is 1.50 bits per heavy atom. The SMILES string of the molecule is COc1cccc(Pc2ccccc2N(C)C)c1OCc1ccccc1. The van der Waals surface area contributed by atoms with E-state index < -0.39 is 0 Å². The summed E-state index contributed by atoms with van der Waals surface area (Å²) in [5, 5.41) is 2.44. The minimum Gasteiger partial charge on any atom is -0.493 e. The lowest BCUT2D eigenvalue weighted by molar-refractivity contribution is 0.287. The van der Waals surface area contributed by atoms with Crippen LogP contribution in [0.25, 0.3) is 0 Å². The Labute approximate surface area is 157 Å². The van der Waals surface area contributed by atoms with Gasteiger partial charge in [-0.05, 0) is 17.7 Å². The van der Waals surface area contributed by atoms with Gasteiger partial charge < -0.3 is 14.4 Å². The summed E-state index contributed by atoms with van der Waals surface area (Å²) in [5.74, 6) is 1.60. The number of anilines is 1. The van der Waals surface area contributed by atoms with Gasteiger partial charge in [0.25, 0.3) is 0 Å². The average Bonchev–Trinajstić information content (AvgIpc) is 2.68. The van der Waals surface area contributed by atoms with Crippen LogP contribution in [0, 0.1) is 0 Å². The maximum Gasteiger partial charge on any atom is 0.169 e. The molecule has 0 saturated carbocycles. The van der Waals surface area contributed by atoms with Crippen LogP contribution in [0.2, 0.25) is 0 Å². The molecule has 0 spiro atoms. The van der Waals surface area contributed by atoms with Crippen LogP contribution in [0.3, 0.4) is 0 Å². The predicted molar refractivity (Wildman–Crippen MR) is 112 cm³/mol. The fourth-order valence-electron chi connectivity index (χ4n) is 2.77. The molecule has 0 radical (unpaired) electrons. The first kappa shape index (κ1) is 18.3. The molecule has 0 aliphatic rings. The van der Waals surface area contributed by atoms with Crippen LogP contribution in [0.4, 0.5) is 5.69 Å². The minimum absolute atomic E-state index is 0.487. The van der Waals surface area contributed by atoms with Crippen molar-refractivity contribution in [2.45, 2.75) is 6.61 Å². The van der Waals surface area contributed by atoms with E-state index in [0.717, 1.165) is 22.4 Å². The predicted octanol–water partition coefficient (Wildman–Crippen LogP) is 3.97. The third kappa shape index (κ3) is 4.36. The van der Waals surface area contributed by atoms with Gasteiger partial charge in [0.05, 0.1) is 7.11 Å². The van der Waals surface area contributed by atoms with Crippen molar-refractivity contribution < 1.29 is 9.47 Å². The normalized spacial score (nSPS) is 10.9. The van der Waals surface area contributed by atoms with Crippen LogP contribution < -0.4 is 25.0 Å². The molecule has 3 nitrogen and oxygen atoms in total. The van der Waals surface area contributed by atoms with Gasteiger partial charge in [-0.1, -0.05) is 69.2 Å². The summed E-state index contributed by atoms with van der Waals surface area (Å²) in [5.41, 5.74) is 2.36. The Balaban J connectivity index is 1.90. The van der Waals surface area contributed by atoms with E-state index in [-0.39, 0.29) is 0 Å². The highest BCUT2D eigenvalue weighted by atomic mass is 31.1. The summed E-state index contributed by atoms with van der Waals surface area (Å²) in [6.07, 6.45) is 0. The molecule has 0 amide bonds. The Kier molecular flexibility index (Phi) is 6.14. The molecule has 0 fully saturated rings. The number of hydrogen-bond acceptors (Lipinski definition) is 3. The van der Waals surface area contributed by atoms with Crippen LogP contribution in [-0.4, -0.2) is 21.2 Å². The highest BCUT2D eigenvalue weighted by molar-refractivity contribution is 7.56. The molecule has 0 N–H and O–H groups in total. The second kappa shape index (κ2) is 8.73. The smallest absolute Gasteiger partial charge is 0.169 e. The highest BCUT2D eigenvalue weighted by Crippen LogP contribution is 2.31. The number of hydrogen-bond donors (Lipinski definition) is 0. The summed E-state index contributed by atoms with van der Waals surface area (Å²) < 4.78 is 11.7. The monoisotopic (exact) mass is 365 g/mol. The molecule has 0 heterocycles. The van der Waals surface area contributed by atoms with Crippen LogP contribution in [0.15, 0.2) is 72.8 Å². The van der Waals surface area contributed by atoms with Gasteiger partial charge >= 0.3 is 0 Å². The fourth-order valence-corrected chi connectivity index (χ4v) is 4.16. The topological polar surface area (TPSA) is 21.7 Å². The van der Waals surface area contributed by atoms with E-state index in [0.29, 0.717) is 15.2 Å². The molecule has 0 bridgehead atoms. The van der Waals surface area contributed by atoms with Crippen LogP contribution in [-0.2, 0) is 6.61 Å². The van der Waals surface area contributed by atoms with E-state index in [1.54, 1.807) is 7.11 Å². The molecular weight excluding hydrogens is 341 g/mol. The van der Waals surface area contributed by atoms with E-state index in [1.807, 2.05) is 30.3 Å². The van der Waals surface area contributed by atoms with Gasteiger partial charge in [0, 0.05) is 30.4 Å². The molecule has 134 valence electrons. The summed E-state index contributed by atoms with van der Waals surface area (Å²) >= 11 is 0. The number of nitrogens with zero attached hydrogens (tertiary/aromatic N) is 1. The molecule has 1 unspecified atom stereocenters. The zero-order valence-corrected chi connectivity index (χ0v) is 16.4. The van der Waals surface area contributed by atoms with E-state index in [2.05, 4.69) is 61.5 Å². The fraction of sp³-hybridized carbons (Fsp3) is 0.182. The molecule has 3 aromatic rings. The van der Waals surface area contributed by atoms with Crippen molar-refractivity contribution in [3.05, 3.63) is 78.4 Å². The lowest BCUT2D eigenvalue weighted by atomic mass is 10.2. The van der Waals surface area contributed by atoms with Gasteiger partial charge in [-0.15, -0.1) is 0 Å². The van der Waals surface area contributed by atoms with E-state index in [1.165, 1.54) is 11.0 Å². The van der Waals surface area contributed by atoms with Crippen molar-refractivity contribution in [1.82, 2.24) is 0 Å². The van der Waals surface area contributed by atoms with Crippen LogP contribution in [0.5, 0.6) is 11.5 Å². The number of para-hydroxylation sites is 2. The quantitative estimate of drug-likeness (QED) is 0.592. The van der Waals surface area contributed by atoms with Crippen molar-refractivity contribution >= 4 is 24.9 Å². The Bertz CT molecular complexity index is 850. The number of benzene rings is 3. The van der Waals surface area contributed by atoms with Crippen LogP contribution >= 0.6 is 8.58 Å². The standard InChI is InChI=1S/C22H24NO2P/c1-23(2)18-12-7-8-14-20(18)26-21-15-9-13-19(24-3)22(21)25-16-17-10-5-4-6-11-17/h4-15,26H,16H2,1-3H3. The molecule has 0 aliphatic heterocycles. The molecule has 3 rings (SSSR count). The first-order valence-corrected chi connectivity index (χ1v) is 9.56. The van der Waals surface area contributed by atoms with Gasteiger partial charge in [-0.3, -0.25) is 0 Å². The Morgan fingerprint density at radius 3 is 2.23 bits per heavy atom. The van der Waals surface area contributed by atoms with Crippen molar-refractivity contribution in [3.8, 4) is 11.5 Å². The number of ether oxygens (including phenoxy) is 2. The zero-order valence-electron chi connectivity index (χ0n) is 15.4. The van der Waals surface area contributed by atoms with Gasteiger partial charge in [0.15, 0.2) is 11.5 Å². The molecule has 4 heteroatoms. The molecule has 26 heavy (non-hydrogen) atoms. The van der Waals surface area contributed by atoms with Crippen molar-refractivity contribution in [1.29, 1.82) is 0 Å². The Morgan fingerprint density at radius 1 is 0.808 bits per heavy atom. The van der Waals surface area contributed by atoms with E-state index in [4.69, 9.17) is 9.47 Å². The van der Waals surface area contributed by atoms with Crippen molar-refractivity contribution in [3.63, 3.8) is 0 Å². The first-order valence-electron chi connectivity index (χ1n) is 8.56. The van der Waals surface area contributed by atoms with Gasteiger partial charge in [0.2, 0.25) is 0 Å². The average molecular weight is 365 g/mol. The zero-order chi connectivity index (χ0) is 18.4. The molecule has 0 aromatic heterocycles. The van der Waals surface area contributed by atoms with Gasteiger partial charge in [0.1, 0.15) is 6.61 Å². The second-order valence-corrected chi connectivity index (χ2v) is 7.48. The minimum atomic E-state index is 0.487. The van der Waals surface area contributed by atoms with E-state index >= 15 is 0 Å². The second-order valence-electron chi connectivity index (χ2n) is 6.15. The van der Waals surface area contributed by atoms with Crippen molar-refractivity contribution in [2.75, 3.05) is 26.1 Å².